The Bertz CT molecular complexity index is 434. The Labute approximate surface area is 136 Å². The molecule has 0 saturated carbocycles. The molecule has 2 unspecified atom stereocenters. The van der Waals surface area contributed by atoms with Crippen molar-refractivity contribution in [3.05, 3.63) is 0 Å². The predicted molar refractivity (Wildman–Crippen MR) is 79.2 cm³/mol. The average molecular weight is 355 g/mol. The van der Waals surface area contributed by atoms with Crippen molar-refractivity contribution >= 4 is 19.8 Å². The van der Waals surface area contributed by atoms with Crippen LogP contribution in [-0.2, 0) is 32.7 Å². The van der Waals surface area contributed by atoms with Crippen LogP contribution in [0.4, 0.5) is 0 Å². The molecule has 136 valence electrons. The van der Waals surface area contributed by atoms with E-state index in [1.165, 1.54) is 0 Å². The van der Waals surface area contributed by atoms with Crippen molar-refractivity contribution in [3.63, 3.8) is 0 Å². The third-order valence-corrected chi connectivity index (χ3v) is 3.45. The quantitative estimate of drug-likeness (QED) is 0.291. The number of hydrogen-bond acceptors (Lipinski definition) is 8. The molecule has 0 aliphatic heterocycles. The summed E-state index contributed by atoms with van der Waals surface area (Å²) in [6, 6.07) is 0. The maximum atomic E-state index is 11.6. The number of phosphoric ester groups is 1. The minimum Gasteiger partial charge on any atom is -0.756 e. The zero-order chi connectivity index (χ0) is 18.1. The summed E-state index contributed by atoms with van der Waals surface area (Å²) in [5.74, 6) is -1.13. The second-order valence-electron chi connectivity index (χ2n) is 5.86. The summed E-state index contributed by atoms with van der Waals surface area (Å²) < 4.78 is 31.2. The Morgan fingerprint density at radius 2 is 1.78 bits per heavy atom. The fraction of sp³-hybridized carbons (Fsp3) is 0.846. The van der Waals surface area contributed by atoms with Gasteiger partial charge < -0.3 is 27.9 Å². The van der Waals surface area contributed by atoms with E-state index in [1.54, 1.807) is 6.92 Å². The first kappa shape index (κ1) is 22.0. The molecule has 0 aromatic rings. The number of likely N-dealkylation sites (N-methyl/N-ethyl adjacent to an activating group) is 1. The van der Waals surface area contributed by atoms with E-state index in [9.17, 15) is 19.0 Å². The number of carbonyl (C=O) groups is 2. The number of rotatable bonds is 11. The van der Waals surface area contributed by atoms with Crippen LogP contribution in [-0.4, -0.2) is 70.0 Å². The van der Waals surface area contributed by atoms with Crippen LogP contribution in [0.15, 0.2) is 0 Å². The molecule has 2 atom stereocenters. The molecule has 0 aromatic carbocycles. The maximum Gasteiger partial charge on any atom is 0.305 e. The monoisotopic (exact) mass is 355 g/mol. The Morgan fingerprint density at radius 3 is 2.26 bits per heavy atom. The van der Waals surface area contributed by atoms with Crippen molar-refractivity contribution in [2.75, 3.05) is 47.5 Å². The SMILES string of the molecule is CCC(=O)OCC(COP(=O)([O-])OCC[N+](C)(C)C)OC(C)=O. The highest BCUT2D eigenvalue weighted by Gasteiger charge is 2.20. The van der Waals surface area contributed by atoms with Crippen LogP contribution in [0.25, 0.3) is 0 Å². The molecule has 0 rings (SSSR count). The van der Waals surface area contributed by atoms with Crippen LogP contribution in [0.5, 0.6) is 0 Å². The summed E-state index contributed by atoms with van der Waals surface area (Å²) in [4.78, 5) is 33.7. The molecule has 0 saturated heterocycles. The van der Waals surface area contributed by atoms with E-state index in [-0.39, 0.29) is 19.6 Å². The van der Waals surface area contributed by atoms with E-state index in [2.05, 4.69) is 4.52 Å². The summed E-state index contributed by atoms with van der Waals surface area (Å²) in [7, 11) is 1.14. The minimum atomic E-state index is -4.52. The standard InChI is InChI=1S/C13H26NO8P/c1-6-13(16)19-9-12(22-11(2)15)10-21-23(17,18)20-8-7-14(3,4)5/h12H,6-10H2,1-5H3. The molecular formula is C13H26NO8P. The molecule has 23 heavy (non-hydrogen) atoms. The largest absolute Gasteiger partial charge is 0.756 e. The Morgan fingerprint density at radius 1 is 1.17 bits per heavy atom. The van der Waals surface area contributed by atoms with Crippen LogP contribution < -0.4 is 4.89 Å². The zero-order valence-corrected chi connectivity index (χ0v) is 15.2. The first-order valence-corrected chi connectivity index (χ1v) is 8.64. The Hall–Kier alpha value is -0.990. The van der Waals surface area contributed by atoms with Gasteiger partial charge in [-0.15, -0.1) is 0 Å². The molecule has 9 nitrogen and oxygen atoms in total. The van der Waals surface area contributed by atoms with Crippen LogP contribution >= 0.6 is 7.82 Å². The van der Waals surface area contributed by atoms with Gasteiger partial charge in [0.05, 0.1) is 27.7 Å². The molecule has 10 heteroatoms. The average Bonchev–Trinajstić information content (AvgIpc) is 2.39. The van der Waals surface area contributed by atoms with Gasteiger partial charge in [0.15, 0.2) is 6.10 Å². The number of ether oxygens (including phenoxy) is 2. The summed E-state index contributed by atoms with van der Waals surface area (Å²) in [6.45, 7) is 2.42. The lowest BCUT2D eigenvalue weighted by Crippen LogP contribution is -2.37. The molecular weight excluding hydrogens is 329 g/mol. The van der Waals surface area contributed by atoms with Crippen molar-refractivity contribution in [2.24, 2.45) is 0 Å². The van der Waals surface area contributed by atoms with Gasteiger partial charge in [0, 0.05) is 13.3 Å². The number of phosphoric acid groups is 1. The highest BCUT2D eigenvalue weighted by molar-refractivity contribution is 7.45. The summed E-state index contributed by atoms with van der Waals surface area (Å²) >= 11 is 0. The Kier molecular flexibility index (Phi) is 9.57. The van der Waals surface area contributed by atoms with Crippen LogP contribution in [0.3, 0.4) is 0 Å². The highest BCUT2D eigenvalue weighted by atomic mass is 31.2. The second-order valence-corrected chi connectivity index (χ2v) is 7.27. The van der Waals surface area contributed by atoms with Gasteiger partial charge in [-0.1, -0.05) is 6.92 Å². The molecule has 0 amide bonds. The fourth-order valence-electron chi connectivity index (χ4n) is 1.28. The molecule has 0 N–H and O–H groups in total. The molecule has 0 heterocycles. The van der Waals surface area contributed by atoms with Gasteiger partial charge in [-0.2, -0.15) is 0 Å². The van der Waals surface area contributed by atoms with Gasteiger partial charge in [0.25, 0.3) is 7.82 Å². The van der Waals surface area contributed by atoms with E-state index in [4.69, 9.17) is 14.0 Å². The molecule has 0 aliphatic carbocycles. The van der Waals surface area contributed by atoms with Gasteiger partial charge in [-0.25, -0.2) is 0 Å². The third kappa shape index (κ3) is 13.2. The fourth-order valence-corrected chi connectivity index (χ4v) is 2.01. The van der Waals surface area contributed by atoms with E-state index >= 15 is 0 Å². The summed E-state index contributed by atoms with van der Waals surface area (Å²) in [5, 5.41) is 0. The highest BCUT2D eigenvalue weighted by Crippen LogP contribution is 2.38. The molecule has 0 aliphatic rings. The normalized spacial score (nSPS) is 15.6. The van der Waals surface area contributed by atoms with Crippen LogP contribution in [0, 0.1) is 0 Å². The van der Waals surface area contributed by atoms with Crippen LogP contribution in [0.2, 0.25) is 0 Å². The van der Waals surface area contributed by atoms with E-state index in [0.29, 0.717) is 11.0 Å². The lowest BCUT2D eigenvalue weighted by molar-refractivity contribution is -0.870. The van der Waals surface area contributed by atoms with E-state index < -0.39 is 32.5 Å². The smallest absolute Gasteiger partial charge is 0.305 e. The zero-order valence-electron chi connectivity index (χ0n) is 14.3. The van der Waals surface area contributed by atoms with Gasteiger partial charge in [-0.3, -0.25) is 14.2 Å². The van der Waals surface area contributed by atoms with Crippen molar-refractivity contribution in [2.45, 2.75) is 26.4 Å². The molecule has 0 aromatic heterocycles. The molecule has 0 bridgehead atoms. The third-order valence-electron chi connectivity index (χ3n) is 2.48. The number of carbonyl (C=O) groups excluding carboxylic acids is 2. The Balaban J connectivity index is 4.36. The number of quaternary nitrogens is 1. The van der Waals surface area contributed by atoms with Crippen molar-refractivity contribution in [1.82, 2.24) is 0 Å². The lowest BCUT2D eigenvalue weighted by atomic mass is 10.4. The first-order chi connectivity index (χ1) is 10.4. The van der Waals surface area contributed by atoms with Crippen LogP contribution in [0.1, 0.15) is 20.3 Å². The topological polar surface area (TPSA) is 111 Å². The van der Waals surface area contributed by atoms with Crippen molar-refractivity contribution in [1.29, 1.82) is 0 Å². The molecule has 0 fully saturated rings. The van der Waals surface area contributed by atoms with Gasteiger partial charge in [-0.05, 0) is 0 Å². The van der Waals surface area contributed by atoms with E-state index in [0.717, 1.165) is 6.92 Å². The second kappa shape index (κ2) is 10.00. The minimum absolute atomic E-state index is 0.0344. The van der Waals surface area contributed by atoms with Gasteiger partial charge in [0.1, 0.15) is 19.8 Å². The molecule has 0 radical (unpaired) electrons. The van der Waals surface area contributed by atoms with Crippen molar-refractivity contribution in [3.8, 4) is 0 Å². The van der Waals surface area contributed by atoms with E-state index in [1.807, 2.05) is 21.1 Å². The number of esters is 2. The van der Waals surface area contributed by atoms with Gasteiger partial charge in [0.2, 0.25) is 0 Å². The molecule has 0 spiro atoms. The lowest BCUT2D eigenvalue weighted by Gasteiger charge is -2.28. The van der Waals surface area contributed by atoms with Gasteiger partial charge >= 0.3 is 11.9 Å². The summed E-state index contributed by atoms with van der Waals surface area (Å²) in [5.41, 5.74) is 0. The number of hydrogen-bond donors (Lipinski definition) is 0. The number of nitrogens with zero attached hydrogens (tertiary/aromatic N) is 1. The van der Waals surface area contributed by atoms with Crippen molar-refractivity contribution < 1.29 is 42.1 Å². The maximum absolute atomic E-state index is 11.6. The first-order valence-electron chi connectivity index (χ1n) is 7.18. The summed E-state index contributed by atoms with van der Waals surface area (Å²) in [6.07, 6.45) is -0.866. The predicted octanol–water partition coefficient (Wildman–Crippen LogP) is 0.0791.